The third-order valence-corrected chi connectivity index (χ3v) is 5.18. The molecule has 1 aliphatic heterocycles. The number of aliphatic hydroxyl groups is 1. The molecule has 2 aromatic rings. The van der Waals surface area contributed by atoms with Crippen LogP contribution in [-0.4, -0.2) is 68.0 Å². The highest BCUT2D eigenvalue weighted by Gasteiger charge is 2.47. The number of halogens is 1. The molecule has 1 unspecified atom stereocenters. The van der Waals surface area contributed by atoms with Crippen molar-refractivity contribution >= 4 is 17.4 Å². The van der Waals surface area contributed by atoms with Crippen LogP contribution < -0.4 is 9.47 Å². The number of amides is 1. The predicted molar refractivity (Wildman–Crippen MR) is 114 cm³/mol. The van der Waals surface area contributed by atoms with Gasteiger partial charge < -0.3 is 24.4 Å². The fourth-order valence-corrected chi connectivity index (χ4v) is 3.64. The SMILES string of the molecule is COc1ccc(F)cc1/C(O)=C1\C(=O)C(=O)N(CCN(C)C)C1c1ccccc1OC. The van der Waals surface area contributed by atoms with Crippen molar-refractivity contribution in [3.05, 3.63) is 65.0 Å². The molecule has 164 valence electrons. The summed E-state index contributed by atoms with van der Waals surface area (Å²) in [5.41, 5.74) is 0.394. The molecule has 7 nitrogen and oxygen atoms in total. The summed E-state index contributed by atoms with van der Waals surface area (Å²) in [4.78, 5) is 29.3. The molecule has 1 N–H and O–H groups in total. The minimum absolute atomic E-state index is 0.00647. The lowest BCUT2D eigenvalue weighted by molar-refractivity contribution is -0.140. The number of aliphatic hydroxyl groups excluding tert-OH is 1. The van der Waals surface area contributed by atoms with Gasteiger partial charge in [-0.15, -0.1) is 0 Å². The van der Waals surface area contributed by atoms with Gasteiger partial charge in [-0.2, -0.15) is 0 Å². The van der Waals surface area contributed by atoms with Crippen molar-refractivity contribution in [1.29, 1.82) is 0 Å². The molecule has 1 atom stereocenters. The number of rotatable bonds is 7. The van der Waals surface area contributed by atoms with Gasteiger partial charge in [0.05, 0.1) is 31.4 Å². The van der Waals surface area contributed by atoms with Gasteiger partial charge in [-0.3, -0.25) is 9.59 Å². The van der Waals surface area contributed by atoms with Crippen LogP contribution in [0, 0.1) is 5.82 Å². The Labute approximate surface area is 180 Å². The van der Waals surface area contributed by atoms with E-state index in [1.54, 1.807) is 24.3 Å². The van der Waals surface area contributed by atoms with E-state index >= 15 is 0 Å². The third-order valence-electron chi connectivity index (χ3n) is 5.18. The zero-order chi connectivity index (χ0) is 22.7. The normalized spacial score (nSPS) is 18.0. The molecule has 1 saturated heterocycles. The van der Waals surface area contributed by atoms with Crippen molar-refractivity contribution in [1.82, 2.24) is 9.80 Å². The number of ether oxygens (including phenoxy) is 2. The van der Waals surface area contributed by atoms with E-state index in [9.17, 15) is 19.1 Å². The molecule has 0 spiro atoms. The standard InChI is InChI=1S/C23H25FN2O5/c1-25(2)11-12-26-20(15-7-5-6-8-17(15)30-3)19(22(28)23(26)29)21(27)16-13-14(24)9-10-18(16)31-4/h5-10,13,20,27H,11-12H2,1-4H3/b21-19+. The molecule has 0 bridgehead atoms. The van der Waals surface area contributed by atoms with E-state index in [0.29, 0.717) is 17.9 Å². The van der Waals surface area contributed by atoms with Crippen LogP contribution >= 0.6 is 0 Å². The monoisotopic (exact) mass is 428 g/mol. The lowest BCUT2D eigenvalue weighted by atomic mass is 9.94. The number of methoxy groups -OCH3 is 2. The molecule has 8 heteroatoms. The average molecular weight is 428 g/mol. The number of Topliss-reactive ketones (excluding diaryl/α,β-unsaturated/α-hetero) is 1. The minimum atomic E-state index is -0.899. The first-order chi connectivity index (χ1) is 14.8. The van der Waals surface area contributed by atoms with Gasteiger partial charge in [-0.1, -0.05) is 18.2 Å². The largest absolute Gasteiger partial charge is 0.507 e. The van der Waals surface area contributed by atoms with Crippen LogP contribution in [0.5, 0.6) is 11.5 Å². The van der Waals surface area contributed by atoms with E-state index in [1.165, 1.54) is 31.3 Å². The van der Waals surface area contributed by atoms with E-state index in [4.69, 9.17) is 9.47 Å². The van der Waals surface area contributed by atoms with E-state index in [2.05, 4.69) is 0 Å². The molecule has 3 rings (SSSR count). The first kappa shape index (κ1) is 22.3. The van der Waals surface area contributed by atoms with Crippen LogP contribution in [0.15, 0.2) is 48.0 Å². The highest BCUT2D eigenvalue weighted by Crippen LogP contribution is 2.43. The van der Waals surface area contributed by atoms with Gasteiger partial charge in [0.1, 0.15) is 23.1 Å². The number of hydrogen-bond donors (Lipinski definition) is 1. The van der Waals surface area contributed by atoms with Gasteiger partial charge in [-0.25, -0.2) is 4.39 Å². The van der Waals surface area contributed by atoms with Crippen molar-refractivity contribution < 1.29 is 28.6 Å². The summed E-state index contributed by atoms with van der Waals surface area (Å²) in [5.74, 6) is -2.07. The maximum absolute atomic E-state index is 14.0. The summed E-state index contributed by atoms with van der Waals surface area (Å²) in [6.07, 6.45) is 0. The number of carbonyl (C=O) groups is 2. The fraction of sp³-hybridized carbons (Fsp3) is 0.304. The second-order valence-corrected chi connectivity index (χ2v) is 7.38. The van der Waals surface area contributed by atoms with Crippen molar-refractivity contribution in [2.24, 2.45) is 0 Å². The van der Waals surface area contributed by atoms with Crippen LogP contribution in [0.1, 0.15) is 17.2 Å². The van der Waals surface area contributed by atoms with E-state index in [-0.39, 0.29) is 23.4 Å². The molecular formula is C23H25FN2O5. The Morgan fingerprint density at radius 2 is 1.77 bits per heavy atom. The zero-order valence-electron chi connectivity index (χ0n) is 17.9. The summed E-state index contributed by atoms with van der Waals surface area (Å²) < 4.78 is 24.6. The Kier molecular flexibility index (Phi) is 6.60. The maximum atomic E-state index is 14.0. The van der Waals surface area contributed by atoms with Crippen molar-refractivity contribution in [3.8, 4) is 11.5 Å². The van der Waals surface area contributed by atoms with Crippen molar-refractivity contribution in [2.75, 3.05) is 41.4 Å². The lowest BCUT2D eigenvalue weighted by Crippen LogP contribution is -2.35. The van der Waals surface area contributed by atoms with Crippen LogP contribution in [0.2, 0.25) is 0 Å². The summed E-state index contributed by atoms with van der Waals surface area (Å²) in [6, 6.07) is 9.67. The average Bonchev–Trinajstić information content (AvgIpc) is 3.01. The molecule has 31 heavy (non-hydrogen) atoms. The van der Waals surface area contributed by atoms with Gasteiger partial charge in [0, 0.05) is 18.7 Å². The van der Waals surface area contributed by atoms with E-state index < -0.39 is 29.3 Å². The first-order valence-corrected chi connectivity index (χ1v) is 9.70. The molecule has 0 radical (unpaired) electrons. The number of ketones is 1. The lowest BCUT2D eigenvalue weighted by Gasteiger charge is -2.27. The summed E-state index contributed by atoms with van der Waals surface area (Å²) in [6.45, 7) is 0.749. The summed E-state index contributed by atoms with van der Waals surface area (Å²) in [7, 11) is 6.57. The van der Waals surface area contributed by atoms with Crippen LogP contribution in [0.25, 0.3) is 5.76 Å². The van der Waals surface area contributed by atoms with Crippen molar-refractivity contribution in [2.45, 2.75) is 6.04 Å². The molecule has 0 saturated carbocycles. The molecule has 1 heterocycles. The van der Waals surface area contributed by atoms with Gasteiger partial charge in [0.25, 0.3) is 11.7 Å². The van der Waals surface area contributed by atoms with Gasteiger partial charge in [-0.05, 0) is 38.4 Å². The Bertz CT molecular complexity index is 1030. The number of hydrogen-bond acceptors (Lipinski definition) is 6. The topological polar surface area (TPSA) is 79.3 Å². The molecule has 0 aromatic heterocycles. The van der Waals surface area contributed by atoms with Crippen LogP contribution in [0.3, 0.4) is 0 Å². The third kappa shape index (κ3) is 4.25. The molecule has 1 fully saturated rings. The second kappa shape index (κ2) is 9.18. The molecule has 0 aliphatic carbocycles. The summed E-state index contributed by atoms with van der Waals surface area (Å²) >= 11 is 0. The quantitative estimate of drug-likeness (QED) is 0.415. The number of para-hydroxylation sites is 1. The van der Waals surface area contributed by atoms with E-state index in [0.717, 1.165) is 6.07 Å². The van der Waals surface area contributed by atoms with Crippen LogP contribution in [0.4, 0.5) is 4.39 Å². The van der Waals surface area contributed by atoms with Gasteiger partial charge in [0.15, 0.2) is 0 Å². The first-order valence-electron chi connectivity index (χ1n) is 9.70. The van der Waals surface area contributed by atoms with Gasteiger partial charge >= 0.3 is 0 Å². The molecule has 1 aliphatic rings. The highest BCUT2D eigenvalue weighted by atomic mass is 19.1. The van der Waals surface area contributed by atoms with Crippen molar-refractivity contribution in [3.63, 3.8) is 0 Å². The number of nitrogens with zero attached hydrogens (tertiary/aromatic N) is 2. The highest BCUT2D eigenvalue weighted by molar-refractivity contribution is 6.46. The summed E-state index contributed by atoms with van der Waals surface area (Å²) in [5, 5.41) is 11.1. The number of benzene rings is 2. The smallest absolute Gasteiger partial charge is 0.295 e. The number of likely N-dealkylation sites (tertiary alicyclic amines) is 1. The molecular weight excluding hydrogens is 403 g/mol. The minimum Gasteiger partial charge on any atom is -0.507 e. The number of likely N-dealkylation sites (N-methyl/N-ethyl adjacent to an activating group) is 1. The van der Waals surface area contributed by atoms with E-state index in [1.807, 2.05) is 19.0 Å². The Balaban J connectivity index is 2.25. The fourth-order valence-electron chi connectivity index (χ4n) is 3.64. The zero-order valence-corrected chi connectivity index (χ0v) is 17.9. The predicted octanol–water partition coefficient (Wildman–Crippen LogP) is 2.83. The van der Waals surface area contributed by atoms with Crippen LogP contribution in [-0.2, 0) is 9.59 Å². The Hall–Kier alpha value is -3.39. The Morgan fingerprint density at radius 1 is 1.10 bits per heavy atom. The maximum Gasteiger partial charge on any atom is 0.295 e. The molecule has 2 aromatic carbocycles. The van der Waals surface area contributed by atoms with Gasteiger partial charge in [0.2, 0.25) is 0 Å². The molecule has 1 amide bonds. The Morgan fingerprint density at radius 3 is 2.42 bits per heavy atom. The number of carbonyl (C=O) groups excluding carboxylic acids is 2. The second-order valence-electron chi connectivity index (χ2n) is 7.38.